The van der Waals surface area contributed by atoms with Gasteiger partial charge in [0.2, 0.25) is 0 Å². The van der Waals surface area contributed by atoms with Crippen LogP contribution in [-0.2, 0) is 11.2 Å². The van der Waals surface area contributed by atoms with E-state index in [4.69, 9.17) is 0 Å². The SMILES string of the molecule is CC(C)c1nn2ccccc2c1CC=O. The van der Waals surface area contributed by atoms with Crippen molar-refractivity contribution < 1.29 is 4.79 Å². The van der Waals surface area contributed by atoms with Gasteiger partial charge in [0.05, 0.1) is 11.2 Å². The van der Waals surface area contributed by atoms with Crippen LogP contribution in [0, 0.1) is 0 Å². The number of rotatable bonds is 3. The second kappa shape index (κ2) is 3.85. The highest BCUT2D eigenvalue weighted by atomic mass is 16.1. The second-order valence-electron chi connectivity index (χ2n) is 3.92. The van der Waals surface area contributed by atoms with E-state index in [1.54, 1.807) is 0 Å². The summed E-state index contributed by atoms with van der Waals surface area (Å²) in [7, 11) is 0. The molecule has 2 aromatic rings. The van der Waals surface area contributed by atoms with E-state index in [2.05, 4.69) is 18.9 Å². The molecule has 0 amide bonds. The Balaban J connectivity index is 2.68. The maximum absolute atomic E-state index is 10.7. The fourth-order valence-corrected chi connectivity index (χ4v) is 1.82. The number of nitrogens with zero attached hydrogens (tertiary/aromatic N) is 2. The van der Waals surface area contributed by atoms with Crippen molar-refractivity contribution in [1.29, 1.82) is 0 Å². The van der Waals surface area contributed by atoms with Gasteiger partial charge in [0.25, 0.3) is 0 Å². The highest BCUT2D eigenvalue weighted by Crippen LogP contribution is 2.22. The van der Waals surface area contributed by atoms with Gasteiger partial charge >= 0.3 is 0 Å². The van der Waals surface area contributed by atoms with Crippen LogP contribution in [0.5, 0.6) is 0 Å². The van der Waals surface area contributed by atoms with Gasteiger partial charge in [0.15, 0.2) is 0 Å². The average molecular weight is 202 g/mol. The molecule has 0 saturated carbocycles. The van der Waals surface area contributed by atoms with Crippen molar-refractivity contribution in [3.63, 3.8) is 0 Å². The first-order valence-electron chi connectivity index (χ1n) is 5.13. The molecule has 0 radical (unpaired) electrons. The molecular weight excluding hydrogens is 188 g/mol. The van der Waals surface area contributed by atoms with Crippen LogP contribution in [-0.4, -0.2) is 15.9 Å². The van der Waals surface area contributed by atoms with Gasteiger partial charge in [-0.1, -0.05) is 19.9 Å². The van der Waals surface area contributed by atoms with E-state index in [1.807, 2.05) is 28.9 Å². The Labute approximate surface area is 88.7 Å². The maximum Gasteiger partial charge on any atom is 0.124 e. The average Bonchev–Trinajstić information content (AvgIpc) is 2.58. The molecule has 0 unspecified atom stereocenters. The fraction of sp³-hybridized carbons (Fsp3) is 0.333. The standard InChI is InChI=1S/C12H14N2O/c1-9(2)12-10(6-8-15)11-5-3-4-7-14(11)13-12/h3-5,7-9H,6H2,1-2H3. The summed E-state index contributed by atoms with van der Waals surface area (Å²) in [4.78, 5) is 10.7. The third kappa shape index (κ3) is 1.65. The van der Waals surface area contributed by atoms with Crippen LogP contribution in [0.3, 0.4) is 0 Å². The summed E-state index contributed by atoms with van der Waals surface area (Å²) in [5.74, 6) is 0.347. The monoisotopic (exact) mass is 202 g/mol. The molecule has 0 fully saturated rings. The van der Waals surface area contributed by atoms with Gasteiger partial charge in [-0.3, -0.25) is 0 Å². The molecule has 0 bridgehead atoms. The molecule has 2 rings (SSSR count). The Morgan fingerprint density at radius 2 is 2.27 bits per heavy atom. The van der Waals surface area contributed by atoms with Crippen LogP contribution in [0.25, 0.3) is 5.52 Å². The lowest BCUT2D eigenvalue weighted by molar-refractivity contribution is -0.107. The van der Waals surface area contributed by atoms with Crippen molar-refractivity contribution in [2.24, 2.45) is 0 Å². The molecule has 2 aromatic heterocycles. The molecule has 0 N–H and O–H groups in total. The van der Waals surface area contributed by atoms with Gasteiger partial charge < -0.3 is 4.79 Å². The minimum atomic E-state index is 0.347. The summed E-state index contributed by atoms with van der Waals surface area (Å²) < 4.78 is 1.84. The third-order valence-corrected chi connectivity index (χ3v) is 2.51. The minimum absolute atomic E-state index is 0.347. The molecule has 3 nitrogen and oxygen atoms in total. The number of aldehydes is 1. The Morgan fingerprint density at radius 3 is 2.93 bits per heavy atom. The molecule has 0 aliphatic carbocycles. The lowest BCUT2D eigenvalue weighted by atomic mass is 10.0. The van der Waals surface area contributed by atoms with Gasteiger partial charge in [-0.05, 0) is 18.1 Å². The van der Waals surface area contributed by atoms with E-state index in [9.17, 15) is 4.79 Å². The molecule has 0 aliphatic rings. The van der Waals surface area contributed by atoms with Gasteiger partial charge in [-0.2, -0.15) is 5.10 Å². The van der Waals surface area contributed by atoms with Gasteiger partial charge in [0.1, 0.15) is 6.29 Å². The first-order chi connectivity index (χ1) is 7.24. The molecule has 0 aliphatic heterocycles. The Hall–Kier alpha value is -1.64. The summed E-state index contributed by atoms with van der Waals surface area (Å²) in [6.45, 7) is 4.19. The molecule has 0 aromatic carbocycles. The van der Waals surface area contributed by atoms with Crippen LogP contribution in [0.15, 0.2) is 24.4 Å². The Bertz CT molecular complexity index is 485. The predicted molar refractivity (Wildman–Crippen MR) is 59.0 cm³/mol. The molecule has 0 spiro atoms. The third-order valence-electron chi connectivity index (χ3n) is 2.51. The molecule has 78 valence electrons. The van der Waals surface area contributed by atoms with E-state index in [1.165, 1.54) is 0 Å². The quantitative estimate of drug-likeness (QED) is 0.715. The van der Waals surface area contributed by atoms with Crippen LogP contribution in [0.2, 0.25) is 0 Å². The topological polar surface area (TPSA) is 34.4 Å². The normalized spacial score (nSPS) is 11.1. The summed E-state index contributed by atoms with van der Waals surface area (Å²) in [6, 6.07) is 5.90. The number of carbonyl (C=O) groups is 1. The van der Waals surface area contributed by atoms with Crippen molar-refractivity contribution in [2.45, 2.75) is 26.2 Å². The Kier molecular flexibility index (Phi) is 2.54. The molecule has 15 heavy (non-hydrogen) atoms. The van der Waals surface area contributed by atoms with Crippen molar-refractivity contribution in [3.05, 3.63) is 35.7 Å². The van der Waals surface area contributed by atoms with Crippen LogP contribution >= 0.6 is 0 Å². The zero-order chi connectivity index (χ0) is 10.8. The molecular formula is C12H14N2O. The maximum atomic E-state index is 10.7. The van der Waals surface area contributed by atoms with Gasteiger partial charge in [-0.15, -0.1) is 0 Å². The van der Waals surface area contributed by atoms with Crippen LogP contribution in [0.4, 0.5) is 0 Å². The minimum Gasteiger partial charge on any atom is -0.303 e. The highest BCUT2D eigenvalue weighted by Gasteiger charge is 2.14. The largest absolute Gasteiger partial charge is 0.303 e. The molecule has 3 heteroatoms. The number of carbonyl (C=O) groups excluding carboxylic acids is 1. The van der Waals surface area contributed by atoms with Gasteiger partial charge in [0, 0.05) is 18.2 Å². The summed E-state index contributed by atoms with van der Waals surface area (Å²) in [5.41, 5.74) is 3.11. The second-order valence-corrected chi connectivity index (χ2v) is 3.92. The lowest BCUT2D eigenvalue weighted by Crippen LogP contribution is -1.95. The van der Waals surface area contributed by atoms with E-state index in [-0.39, 0.29) is 0 Å². The van der Waals surface area contributed by atoms with E-state index < -0.39 is 0 Å². The highest BCUT2D eigenvalue weighted by molar-refractivity contribution is 5.66. The van der Waals surface area contributed by atoms with Crippen LogP contribution < -0.4 is 0 Å². The number of pyridine rings is 1. The van der Waals surface area contributed by atoms with Crippen LogP contribution in [0.1, 0.15) is 31.0 Å². The van der Waals surface area contributed by atoms with Gasteiger partial charge in [-0.25, -0.2) is 4.52 Å². The molecule has 0 atom stereocenters. The predicted octanol–water partition coefficient (Wildman–Crippen LogP) is 2.20. The summed E-state index contributed by atoms with van der Waals surface area (Å²) in [5, 5.41) is 4.49. The zero-order valence-electron chi connectivity index (χ0n) is 8.97. The number of aromatic nitrogens is 2. The lowest BCUT2D eigenvalue weighted by Gasteiger charge is -2.01. The summed E-state index contributed by atoms with van der Waals surface area (Å²) >= 11 is 0. The first kappa shape index (κ1) is 9.90. The van der Waals surface area contributed by atoms with E-state index in [0.29, 0.717) is 12.3 Å². The number of hydrogen-bond donors (Lipinski definition) is 0. The fourth-order valence-electron chi connectivity index (χ4n) is 1.82. The number of hydrogen-bond acceptors (Lipinski definition) is 2. The van der Waals surface area contributed by atoms with Crippen molar-refractivity contribution in [2.75, 3.05) is 0 Å². The first-order valence-corrected chi connectivity index (χ1v) is 5.13. The number of fused-ring (bicyclic) bond motifs is 1. The van der Waals surface area contributed by atoms with Crippen molar-refractivity contribution >= 4 is 11.8 Å². The zero-order valence-corrected chi connectivity index (χ0v) is 8.97. The Morgan fingerprint density at radius 1 is 1.47 bits per heavy atom. The van der Waals surface area contributed by atoms with Crippen molar-refractivity contribution in [1.82, 2.24) is 9.61 Å². The summed E-state index contributed by atoms with van der Waals surface area (Å²) in [6.07, 6.45) is 3.30. The van der Waals surface area contributed by atoms with E-state index in [0.717, 1.165) is 23.1 Å². The van der Waals surface area contributed by atoms with E-state index >= 15 is 0 Å². The molecule has 2 heterocycles. The smallest absolute Gasteiger partial charge is 0.124 e. The molecule has 0 saturated heterocycles. The van der Waals surface area contributed by atoms with Crippen molar-refractivity contribution in [3.8, 4) is 0 Å².